The van der Waals surface area contributed by atoms with Crippen molar-refractivity contribution in [2.24, 2.45) is 4.99 Å². The molecule has 0 aliphatic rings. The van der Waals surface area contributed by atoms with Crippen LogP contribution >= 0.6 is 11.3 Å². The van der Waals surface area contributed by atoms with Crippen molar-refractivity contribution in [2.75, 3.05) is 20.6 Å². The van der Waals surface area contributed by atoms with E-state index in [-0.39, 0.29) is 5.91 Å². The maximum absolute atomic E-state index is 11.6. The Morgan fingerprint density at radius 2 is 2.09 bits per heavy atom. The fourth-order valence-corrected chi connectivity index (χ4v) is 2.84. The predicted molar refractivity (Wildman–Crippen MR) is 96.1 cm³/mol. The minimum atomic E-state index is -0.0784. The summed E-state index contributed by atoms with van der Waals surface area (Å²) in [5.41, 5.74) is 1.69. The van der Waals surface area contributed by atoms with Crippen LogP contribution in [0.5, 0.6) is 0 Å². The van der Waals surface area contributed by atoms with Crippen LogP contribution in [0.4, 0.5) is 0 Å². The first kappa shape index (κ1) is 17.0. The Hall–Kier alpha value is -2.34. The number of amides is 1. The minimum Gasteiger partial charge on any atom is -0.356 e. The van der Waals surface area contributed by atoms with Crippen molar-refractivity contribution in [1.29, 1.82) is 0 Å². The Balaban J connectivity index is 1.82. The van der Waals surface area contributed by atoms with Crippen molar-refractivity contribution >= 4 is 23.2 Å². The molecule has 0 saturated heterocycles. The zero-order chi connectivity index (χ0) is 16.5. The number of carbonyl (C=O) groups excluding carboxylic acids is 1. The van der Waals surface area contributed by atoms with Gasteiger partial charge in [-0.2, -0.15) is 0 Å². The predicted octanol–water partition coefficient (Wildman–Crippen LogP) is 2.02. The van der Waals surface area contributed by atoms with Crippen molar-refractivity contribution in [3.63, 3.8) is 0 Å². The Morgan fingerprint density at radius 3 is 2.78 bits per heavy atom. The van der Waals surface area contributed by atoms with Crippen molar-refractivity contribution in [3.05, 3.63) is 57.8 Å². The molecule has 23 heavy (non-hydrogen) atoms. The zero-order valence-corrected chi connectivity index (χ0v) is 14.2. The summed E-state index contributed by atoms with van der Waals surface area (Å²) in [5, 5.41) is 11.3. The molecule has 5 nitrogen and oxygen atoms in total. The normalized spacial score (nSPS) is 11.1. The standard InChI is InChI=1S/C17H22N4OS/c1-18-16(22)14-6-3-5-13(11-14)12-21-17(19-2)20-9-8-15-7-4-10-23-15/h3-7,10-11H,8-9,12H2,1-2H3,(H,18,22)(H2,19,20,21). The van der Waals surface area contributed by atoms with E-state index in [1.165, 1.54) is 4.88 Å². The Morgan fingerprint density at radius 1 is 1.22 bits per heavy atom. The minimum absolute atomic E-state index is 0.0784. The van der Waals surface area contributed by atoms with Gasteiger partial charge in [-0.05, 0) is 35.6 Å². The maximum Gasteiger partial charge on any atom is 0.251 e. The van der Waals surface area contributed by atoms with Crippen LogP contribution in [0.3, 0.4) is 0 Å². The molecule has 0 aliphatic heterocycles. The SMILES string of the molecule is CN=C(NCCc1cccs1)NCc1cccc(C(=O)NC)c1. The Labute approximate surface area is 140 Å². The summed E-state index contributed by atoms with van der Waals surface area (Å²) in [6.07, 6.45) is 0.977. The zero-order valence-electron chi connectivity index (χ0n) is 13.4. The van der Waals surface area contributed by atoms with Crippen molar-refractivity contribution in [2.45, 2.75) is 13.0 Å². The van der Waals surface area contributed by atoms with Crippen LogP contribution in [0, 0.1) is 0 Å². The largest absolute Gasteiger partial charge is 0.356 e. The molecule has 0 atom stereocenters. The lowest BCUT2D eigenvalue weighted by Crippen LogP contribution is -2.37. The number of aliphatic imine (C=N–C) groups is 1. The van der Waals surface area contributed by atoms with Crippen molar-refractivity contribution < 1.29 is 4.79 Å². The third-order valence-corrected chi connectivity index (χ3v) is 4.28. The molecule has 1 aromatic carbocycles. The number of thiophene rings is 1. The molecule has 2 aromatic rings. The quantitative estimate of drug-likeness (QED) is 0.561. The number of nitrogens with one attached hydrogen (secondary N) is 3. The highest BCUT2D eigenvalue weighted by atomic mass is 32.1. The van der Waals surface area contributed by atoms with Gasteiger partial charge in [-0.15, -0.1) is 11.3 Å². The molecule has 0 fully saturated rings. The van der Waals surface area contributed by atoms with Gasteiger partial charge in [0.05, 0.1) is 0 Å². The van der Waals surface area contributed by atoms with E-state index in [2.05, 4.69) is 38.5 Å². The highest BCUT2D eigenvalue weighted by molar-refractivity contribution is 7.09. The van der Waals surface area contributed by atoms with E-state index in [4.69, 9.17) is 0 Å². The summed E-state index contributed by atoms with van der Waals surface area (Å²) in [5.74, 6) is 0.678. The van der Waals surface area contributed by atoms with Crippen LogP contribution in [0.1, 0.15) is 20.8 Å². The second-order valence-corrected chi connectivity index (χ2v) is 5.99. The highest BCUT2D eigenvalue weighted by Gasteiger charge is 2.04. The number of nitrogens with zero attached hydrogens (tertiary/aromatic N) is 1. The van der Waals surface area contributed by atoms with E-state index in [9.17, 15) is 4.79 Å². The lowest BCUT2D eigenvalue weighted by atomic mass is 10.1. The lowest BCUT2D eigenvalue weighted by Gasteiger charge is -2.12. The second-order valence-electron chi connectivity index (χ2n) is 4.96. The summed E-state index contributed by atoms with van der Waals surface area (Å²) in [7, 11) is 3.38. The van der Waals surface area contributed by atoms with Crippen LogP contribution in [-0.2, 0) is 13.0 Å². The smallest absolute Gasteiger partial charge is 0.251 e. The van der Waals surface area contributed by atoms with Crippen LogP contribution in [-0.4, -0.2) is 32.5 Å². The second kappa shape index (κ2) is 8.95. The average Bonchev–Trinajstić information content (AvgIpc) is 3.10. The van der Waals surface area contributed by atoms with Gasteiger partial charge in [-0.25, -0.2) is 0 Å². The number of hydrogen-bond acceptors (Lipinski definition) is 3. The van der Waals surface area contributed by atoms with E-state index in [1.807, 2.05) is 18.2 Å². The summed E-state index contributed by atoms with van der Waals surface area (Å²) >= 11 is 1.76. The average molecular weight is 330 g/mol. The summed E-state index contributed by atoms with van der Waals surface area (Å²) < 4.78 is 0. The molecule has 0 spiro atoms. The fourth-order valence-electron chi connectivity index (χ4n) is 2.13. The van der Waals surface area contributed by atoms with Gasteiger partial charge < -0.3 is 16.0 Å². The van der Waals surface area contributed by atoms with Gasteiger partial charge in [-0.1, -0.05) is 18.2 Å². The van der Waals surface area contributed by atoms with Gasteiger partial charge in [0.2, 0.25) is 0 Å². The van der Waals surface area contributed by atoms with E-state index in [0.29, 0.717) is 12.1 Å². The highest BCUT2D eigenvalue weighted by Crippen LogP contribution is 2.08. The monoisotopic (exact) mass is 330 g/mol. The van der Waals surface area contributed by atoms with Gasteiger partial charge in [-0.3, -0.25) is 9.79 Å². The molecule has 1 heterocycles. The third kappa shape index (κ3) is 5.41. The molecule has 122 valence electrons. The number of benzene rings is 1. The number of rotatable bonds is 6. The number of hydrogen-bond donors (Lipinski definition) is 3. The first-order valence-electron chi connectivity index (χ1n) is 7.51. The molecule has 0 saturated carbocycles. The van der Waals surface area contributed by atoms with Crippen LogP contribution in [0.25, 0.3) is 0 Å². The molecule has 2 rings (SSSR count). The molecule has 0 aliphatic carbocycles. The first-order chi connectivity index (χ1) is 11.2. The van der Waals surface area contributed by atoms with E-state index in [0.717, 1.165) is 24.5 Å². The van der Waals surface area contributed by atoms with Crippen LogP contribution < -0.4 is 16.0 Å². The summed E-state index contributed by atoms with van der Waals surface area (Å²) in [6, 6.07) is 11.7. The molecule has 0 bridgehead atoms. The third-order valence-electron chi connectivity index (χ3n) is 3.34. The molecule has 0 radical (unpaired) electrons. The molecule has 1 amide bonds. The van der Waals surface area contributed by atoms with Gasteiger partial charge in [0, 0.05) is 37.6 Å². The van der Waals surface area contributed by atoms with Gasteiger partial charge in [0.15, 0.2) is 5.96 Å². The van der Waals surface area contributed by atoms with Crippen molar-refractivity contribution in [3.8, 4) is 0 Å². The van der Waals surface area contributed by atoms with Gasteiger partial charge in [0.1, 0.15) is 0 Å². The van der Waals surface area contributed by atoms with E-state index < -0.39 is 0 Å². The Bertz CT molecular complexity index is 652. The molecular formula is C17H22N4OS. The molecule has 6 heteroatoms. The lowest BCUT2D eigenvalue weighted by molar-refractivity contribution is 0.0963. The van der Waals surface area contributed by atoms with E-state index in [1.54, 1.807) is 31.5 Å². The van der Waals surface area contributed by atoms with E-state index >= 15 is 0 Å². The maximum atomic E-state index is 11.6. The van der Waals surface area contributed by atoms with Crippen LogP contribution in [0.15, 0.2) is 46.8 Å². The topological polar surface area (TPSA) is 65.5 Å². The Kier molecular flexibility index (Phi) is 6.62. The number of guanidine groups is 1. The summed E-state index contributed by atoms with van der Waals surface area (Å²) in [6.45, 7) is 1.45. The summed E-state index contributed by atoms with van der Waals surface area (Å²) in [4.78, 5) is 17.2. The van der Waals surface area contributed by atoms with Crippen molar-refractivity contribution in [1.82, 2.24) is 16.0 Å². The van der Waals surface area contributed by atoms with Gasteiger partial charge >= 0.3 is 0 Å². The first-order valence-corrected chi connectivity index (χ1v) is 8.39. The number of carbonyl (C=O) groups is 1. The molecule has 0 unspecified atom stereocenters. The van der Waals surface area contributed by atoms with Gasteiger partial charge in [0.25, 0.3) is 5.91 Å². The molecule has 3 N–H and O–H groups in total. The molecule has 1 aromatic heterocycles. The fraction of sp³-hybridized carbons (Fsp3) is 0.294. The molecular weight excluding hydrogens is 308 g/mol. The van der Waals surface area contributed by atoms with Crippen LogP contribution in [0.2, 0.25) is 0 Å².